The van der Waals surface area contributed by atoms with E-state index in [1.54, 1.807) is 26.8 Å². The number of hydrogen-bond acceptors (Lipinski definition) is 7. The molecule has 3 atom stereocenters. The van der Waals surface area contributed by atoms with Gasteiger partial charge in [-0.1, -0.05) is 24.6 Å². The summed E-state index contributed by atoms with van der Waals surface area (Å²) in [4.78, 5) is 11.3. The number of aromatic amines is 1. The highest BCUT2D eigenvalue weighted by molar-refractivity contribution is 7.89. The van der Waals surface area contributed by atoms with Crippen LogP contribution in [0, 0.1) is 19.7 Å². The fourth-order valence-corrected chi connectivity index (χ4v) is 5.63. The van der Waals surface area contributed by atoms with Gasteiger partial charge in [-0.15, -0.1) is 5.10 Å². The Balaban J connectivity index is 2.17. The van der Waals surface area contributed by atoms with Gasteiger partial charge in [0.2, 0.25) is 15.9 Å². The predicted octanol–water partition coefficient (Wildman–Crippen LogP) is 3.66. The molecule has 0 radical (unpaired) electrons. The van der Waals surface area contributed by atoms with Gasteiger partial charge in [0.25, 0.3) is 0 Å². The topological polar surface area (TPSA) is 135 Å². The van der Waals surface area contributed by atoms with Crippen molar-refractivity contribution in [1.82, 2.24) is 14.9 Å². The zero-order chi connectivity index (χ0) is 25.4. The smallest absolute Gasteiger partial charge is 0.434 e. The number of nitrogens with one attached hydrogen (secondary N) is 2. The molecule has 0 aliphatic rings. The molecule has 12 heteroatoms. The number of ether oxygens (including phenoxy) is 1. The molecule has 1 heterocycles. The second kappa shape index (κ2) is 9.87. The van der Waals surface area contributed by atoms with Gasteiger partial charge >= 0.3 is 5.76 Å². The predicted molar refractivity (Wildman–Crippen MR) is 123 cm³/mol. The van der Waals surface area contributed by atoms with E-state index in [-0.39, 0.29) is 32.7 Å². The minimum absolute atomic E-state index is 0.0866. The molecule has 0 saturated heterocycles. The lowest BCUT2D eigenvalue weighted by molar-refractivity contribution is 0.193. The van der Waals surface area contributed by atoms with E-state index in [0.717, 1.165) is 5.56 Å². The second-order valence-electron chi connectivity index (χ2n) is 7.91. The van der Waals surface area contributed by atoms with Crippen LogP contribution in [0.1, 0.15) is 60.1 Å². The summed E-state index contributed by atoms with van der Waals surface area (Å²) in [5.41, 5.74) is 1.75. The Morgan fingerprint density at radius 1 is 1.21 bits per heavy atom. The Labute approximate surface area is 201 Å². The molecular weight excluding hydrogens is 489 g/mol. The zero-order valence-electron chi connectivity index (χ0n) is 19.1. The summed E-state index contributed by atoms with van der Waals surface area (Å²) in [6, 6.07) is 4.17. The Morgan fingerprint density at radius 2 is 1.88 bits per heavy atom. The molecule has 3 N–H and O–H groups in total. The largest absolute Gasteiger partial charge is 0.495 e. The van der Waals surface area contributed by atoms with Crippen LogP contribution in [0.5, 0.6) is 5.75 Å². The molecule has 3 aromatic rings. The van der Waals surface area contributed by atoms with E-state index < -0.39 is 39.7 Å². The average Bonchev–Trinajstić information content (AvgIpc) is 3.20. The standard InChI is InChI=1S/C22H25ClFN3O6S/c1-10-6-8-15(24)17(11(10)2)12(3)19(21-25-26-22(29)33-21)27-34(30,31)16-9-7-14(23)18(13(4)28)20(16)32-5/h6-9,12-13,19,27-28H,1-5H3,(H,26,29)/t12-,13+,19+/m1/s1. The third-order valence-electron chi connectivity index (χ3n) is 5.71. The van der Waals surface area contributed by atoms with Gasteiger partial charge in [-0.05, 0) is 55.7 Å². The third kappa shape index (κ3) is 4.88. The third-order valence-corrected chi connectivity index (χ3v) is 7.50. The minimum Gasteiger partial charge on any atom is -0.495 e. The fourth-order valence-electron chi connectivity index (χ4n) is 3.87. The van der Waals surface area contributed by atoms with Gasteiger partial charge in [0, 0.05) is 11.5 Å². The highest BCUT2D eigenvalue weighted by Crippen LogP contribution is 2.39. The number of aliphatic hydroxyl groups excluding tert-OH is 1. The lowest BCUT2D eigenvalue weighted by atomic mass is 9.88. The van der Waals surface area contributed by atoms with Crippen molar-refractivity contribution in [2.45, 2.75) is 50.7 Å². The molecule has 0 spiro atoms. The van der Waals surface area contributed by atoms with E-state index in [2.05, 4.69) is 14.9 Å². The maximum atomic E-state index is 14.9. The zero-order valence-corrected chi connectivity index (χ0v) is 20.7. The van der Waals surface area contributed by atoms with E-state index in [9.17, 15) is 22.7 Å². The average molecular weight is 514 g/mol. The van der Waals surface area contributed by atoms with Gasteiger partial charge in [-0.25, -0.2) is 22.7 Å². The lowest BCUT2D eigenvalue weighted by Crippen LogP contribution is -2.33. The van der Waals surface area contributed by atoms with E-state index >= 15 is 0 Å². The maximum Gasteiger partial charge on any atom is 0.434 e. The number of rotatable bonds is 8. The van der Waals surface area contributed by atoms with E-state index in [1.165, 1.54) is 32.2 Å². The molecule has 0 bridgehead atoms. The first-order valence-electron chi connectivity index (χ1n) is 10.3. The highest BCUT2D eigenvalue weighted by Gasteiger charge is 2.35. The number of hydrogen-bond donors (Lipinski definition) is 3. The van der Waals surface area contributed by atoms with Crippen LogP contribution >= 0.6 is 11.6 Å². The first-order chi connectivity index (χ1) is 15.9. The van der Waals surface area contributed by atoms with Crippen molar-refractivity contribution < 1.29 is 27.1 Å². The van der Waals surface area contributed by atoms with Crippen LogP contribution in [-0.4, -0.2) is 30.8 Å². The molecule has 184 valence electrons. The van der Waals surface area contributed by atoms with Crippen LogP contribution in [0.15, 0.2) is 38.4 Å². The van der Waals surface area contributed by atoms with Crippen LogP contribution < -0.4 is 15.2 Å². The molecule has 0 aliphatic heterocycles. The number of benzene rings is 2. The monoisotopic (exact) mass is 513 g/mol. The molecule has 0 amide bonds. The Bertz CT molecular complexity index is 1370. The summed E-state index contributed by atoms with van der Waals surface area (Å²) >= 11 is 6.15. The number of H-pyrrole nitrogens is 1. The molecule has 2 aromatic carbocycles. The van der Waals surface area contributed by atoms with E-state index in [1.807, 2.05) is 0 Å². The summed E-state index contributed by atoms with van der Waals surface area (Å²) in [5, 5.41) is 16.1. The summed E-state index contributed by atoms with van der Waals surface area (Å²) < 4.78 is 54.6. The van der Waals surface area contributed by atoms with Crippen molar-refractivity contribution >= 4 is 21.6 Å². The van der Waals surface area contributed by atoms with Crippen molar-refractivity contribution in [3.8, 4) is 5.75 Å². The van der Waals surface area contributed by atoms with Crippen LogP contribution in [0.4, 0.5) is 4.39 Å². The number of aliphatic hydroxyl groups is 1. The molecule has 34 heavy (non-hydrogen) atoms. The van der Waals surface area contributed by atoms with Crippen LogP contribution in [0.2, 0.25) is 5.02 Å². The van der Waals surface area contributed by atoms with E-state index in [4.69, 9.17) is 20.8 Å². The highest BCUT2D eigenvalue weighted by atomic mass is 35.5. The van der Waals surface area contributed by atoms with Gasteiger partial charge in [-0.2, -0.15) is 4.72 Å². The first kappa shape index (κ1) is 25.9. The van der Waals surface area contributed by atoms with Crippen molar-refractivity contribution in [2.24, 2.45) is 0 Å². The van der Waals surface area contributed by atoms with Gasteiger partial charge in [0.1, 0.15) is 22.5 Å². The quantitative estimate of drug-likeness (QED) is 0.418. The molecule has 0 saturated carbocycles. The molecule has 9 nitrogen and oxygen atoms in total. The Morgan fingerprint density at radius 3 is 2.44 bits per heavy atom. The van der Waals surface area contributed by atoms with Gasteiger partial charge in [0.05, 0.1) is 18.2 Å². The van der Waals surface area contributed by atoms with Gasteiger partial charge in [0.15, 0.2) is 0 Å². The van der Waals surface area contributed by atoms with Gasteiger partial charge in [-0.3, -0.25) is 0 Å². The van der Waals surface area contributed by atoms with Crippen molar-refractivity contribution in [3.05, 3.63) is 73.8 Å². The molecule has 1 aromatic heterocycles. The fraction of sp³-hybridized carbons (Fsp3) is 0.364. The molecule has 0 unspecified atom stereocenters. The summed E-state index contributed by atoms with van der Waals surface area (Å²) in [5.74, 6) is -2.70. The number of aromatic nitrogens is 2. The van der Waals surface area contributed by atoms with Crippen molar-refractivity contribution in [2.75, 3.05) is 7.11 Å². The van der Waals surface area contributed by atoms with Crippen molar-refractivity contribution in [3.63, 3.8) is 0 Å². The minimum atomic E-state index is -4.39. The molecule has 3 rings (SSSR count). The molecular formula is C22H25ClFN3O6S. The second-order valence-corrected chi connectivity index (χ2v) is 10.00. The normalized spacial score (nSPS) is 14.6. The van der Waals surface area contributed by atoms with Crippen LogP contribution in [-0.2, 0) is 10.0 Å². The Hall–Kier alpha value is -2.73. The maximum absolute atomic E-state index is 14.9. The number of aryl methyl sites for hydroxylation is 1. The van der Waals surface area contributed by atoms with Crippen molar-refractivity contribution in [1.29, 1.82) is 0 Å². The molecule has 0 aliphatic carbocycles. The van der Waals surface area contributed by atoms with Gasteiger partial charge < -0.3 is 14.3 Å². The number of methoxy groups -OCH3 is 1. The summed E-state index contributed by atoms with van der Waals surface area (Å²) in [7, 11) is -3.14. The summed E-state index contributed by atoms with van der Waals surface area (Å²) in [6.45, 7) is 6.52. The number of halogens is 2. The summed E-state index contributed by atoms with van der Waals surface area (Å²) in [6.07, 6.45) is -1.12. The lowest BCUT2D eigenvalue weighted by Gasteiger charge is -2.25. The van der Waals surface area contributed by atoms with Crippen LogP contribution in [0.25, 0.3) is 0 Å². The Kier molecular flexibility index (Phi) is 7.51. The van der Waals surface area contributed by atoms with Crippen LogP contribution in [0.3, 0.4) is 0 Å². The first-order valence-corrected chi connectivity index (χ1v) is 12.1. The molecule has 0 fully saturated rings. The number of sulfonamides is 1. The SMILES string of the molecule is COc1c(S(=O)(=O)N[C@H](c2n[nH]c(=O)o2)[C@H](C)c2c(F)ccc(C)c2C)ccc(Cl)c1[C@H](C)O. The number of nitrogens with zero attached hydrogens (tertiary/aromatic N) is 1. The van der Waals surface area contributed by atoms with E-state index in [0.29, 0.717) is 5.56 Å².